The van der Waals surface area contributed by atoms with Crippen LogP contribution < -0.4 is 5.32 Å². The Kier molecular flexibility index (Phi) is 2.39. The summed E-state index contributed by atoms with van der Waals surface area (Å²) in [6, 6.07) is 0.575. The van der Waals surface area contributed by atoms with Crippen molar-refractivity contribution in [1.82, 2.24) is 10.2 Å². The number of urea groups is 1. The monoisotopic (exact) mass is 316 g/mol. The molecule has 4 heteroatoms. The number of amides is 2. The lowest BCUT2D eigenvalue weighted by molar-refractivity contribution is -0.265. The molecular formula is C19H28N2O2. The quantitative estimate of drug-likeness (QED) is 0.840. The van der Waals surface area contributed by atoms with Gasteiger partial charge in [-0.15, -0.1) is 0 Å². The molecule has 1 aliphatic heterocycles. The average molecular weight is 316 g/mol. The molecule has 0 aromatic rings. The van der Waals surface area contributed by atoms with Crippen molar-refractivity contribution in [1.29, 1.82) is 0 Å². The third kappa shape index (κ3) is 1.50. The fourth-order valence-electron chi connectivity index (χ4n) is 8.10. The molecule has 7 fully saturated rings. The molecule has 7 rings (SSSR count). The van der Waals surface area contributed by atoms with Crippen LogP contribution in [0.25, 0.3) is 0 Å². The number of rotatable bonds is 3. The molecule has 23 heavy (non-hydrogen) atoms. The predicted octanol–water partition coefficient (Wildman–Crippen LogP) is 2.37. The molecule has 1 saturated heterocycles. The molecule has 4 nitrogen and oxygen atoms in total. The maximum Gasteiger partial charge on any atom is 0.317 e. The zero-order valence-corrected chi connectivity index (χ0v) is 13.8. The van der Waals surface area contributed by atoms with Gasteiger partial charge in [-0.25, -0.2) is 4.79 Å². The minimum Gasteiger partial charge on any atom is -0.389 e. The van der Waals surface area contributed by atoms with Gasteiger partial charge in [0.25, 0.3) is 0 Å². The van der Waals surface area contributed by atoms with Gasteiger partial charge < -0.3 is 15.3 Å². The SMILES string of the molecule is O=C1NCCN1C1C2CC3CC1C(C1CC1)(C1CC1)C(O)(C3)C2. The van der Waals surface area contributed by atoms with E-state index in [0.29, 0.717) is 17.9 Å². The number of carbonyl (C=O) groups is 1. The molecule has 6 aliphatic carbocycles. The van der Waals surface area contributed by atoms with E-state index in [-0.39, 0.29) is 11.4 Å². The third-order valence-electron chi connectivity index (χ3n) is 8.52. The van der Waals surface area contributed by atoms with E-state index in [1.165, 1.54) is 38.5 Å². The normalized spacial score (nSPS) is 50.5. The van der Waals surface area contributed by atoms with Crippen LogP contribution in [0.3, 0.4) is 0 Å². The zero-order chi connectivity index (χ0) is 15.4. The summed E-state index contributed by atoms with van der Waals surface area (Å²) in [5.41, 5.74) is -0.244. The number of carbonyl (C=O) groups excluding carboxylic acids is 1. The molecule has 0 aromatic carbocycles. The second-order valence-corrected chi connectivity index (χ2v) is 9.54. The van der Waals surface area contributed by atoms with Gasteiger partial charge in [0.15, 0.2) is 0 Å². The van der Waals surface area contributed by atoms with Crippen molar-refractivity contribution in [2.24, 2.45) is 35.0 Å². The molecule has 0 radical (unpaired) electrons. The van der Waals surface area contributed by atoms with E-state index in [9.17, 15) is 9.90 Å². The van der Waals surface area contributed by atoms with Crippen LogP contribution in [-0.4, -0.2) is 40.8 Å². The molecule has 5 atom stereocenters. The smallest absolute Gasteiger partial charge is 0.317 e. The lowest BCUT2D eigenvalue weighted by atomic mass is 9.39. The van der Waals surface area contributed by atoms with E-state index in [1.54, 1.807) is 0 Å². The van der Waals surface area contributed by atoms with Crippen molar-refractivity contribution in [3.05, 3.63) is 0 Å². The van der Waals surface area contributed by atoms with Crippen molar-refractivity contribution < 1.29 is 9.90 Å². The molecule has 6 saturated carbocycles. The molecule has 2 N–H and O–H groups in total. The molecule has 0 aromatic heterocycles. The van der Waals surface area contributed by atoms with Crippen molar-refractivity contribution in [3.63, 3.8) is 0 Å². The lowest BCUT2D eigenvalue weighted by Gasteiger charge is -2.70. The van der Waals surface area contributed by atoms with Gasteiger partial charge in [0, 0.05) is 24.5 Å². The maximum atomic E-state index is 12.4. The second-order valence-electron chi connectivity index (χ2n) is 9.54. The largest absolute Gasteiger partial charge is 0.389 e. The van der Waals surface area contributed by atoms with Crippen molar-refractivity contribution >= 4 is 6.03 Å². The van der Waals surface area contributed by atoms with Crippen LogP contribution in [0.15, 0.2) is 0 Å². The van der Waals surface area contributed by atoms with Crippen LogP contribution >= 0.6 is 0 Å². The highest BCUT2D eigenvalue weighted by molar-refractivity contribution is 5.76. The topological polar surface area (TPSA) is 52.6 Å². The first-order chi connectivity index (χ1) is 11.1. The fraction of sp³-hybridized carbons (Fsp3) is 0.947. The summed E-state index contributed by atoms with van der Waals surface area (Å²) in [5, 5.41) is 14.9. The molecule has 7 aliphatic rings. The Bertz CT molecular complexity index is 558. The molecule has 4 bridgehead atoms. The van der Waals surface area contributed by atoms with E-state index >= 15 is 0 Å². The molecule has 0 spiro atoms. The Morgan fingerprint density at radius 3 is 2.43 bits per heavy atom. The maximum absolute atomic E-state index is 12.4. The predicted molar refractivity (Wildman–Crippen MR) is 85.7 cm³/mol. The highest BCUT2D eigenvalue weighted by atomic mass is 16.3. The Labute approximate surface area is 138 Å². The minimum absolute atomic E-state index is 0.161. The highest BCUT2D eigenvalue weighted by Gasteiger charge is 2.75. The standard InChI is InChI=1S/C19H28N2O2/c22-17-20-5-6-21(17)16-12-7-11-8-15(16)19(13-1-2-13,14-3-4-14)18(23,9-11)10-12/h11-16,23H,1-10H2,(H,20,22). The number of nitrogens with zero attached hydrogens (tertiary/aromatic N) is 1. The van der Waals surface area contributed by atoms with Gasteiger partial charge in [-0.1, -0.05) is 0 Å². The molecule has 1 heterocycles. The Balaban J connectivity index is 1.48. The minimum atomic E-state index is -0.404. The van der Waals surface area contributed by atoms with Crippen LogP contribution in [0, 0.1) is 35.0 Å². The first kappa shape index (κ1) is 13.5. The lowest BCUT2D eigenvalue weighted by Crippen LogP contribution is -2.73. The van der Waals surface area contributed by atoms with Gasteiger partial charge in [0.1, 0.15) is 0 Å². The number of hydrogen-bond acceptors (Lipinski definition) is 2. The van der Waals surface area contributed by atoms with Gasteiger partial charge >= 0.3 is 6.03 Å². The van der Waals surface area contributed by atoms with Gasteiger partial charge in [0.2, 0.25) is 0 Å². The van der Waals surface area contributed by atoms with E-state index in [2.05, 4.69) is 10.2 Å². The molecule has 126 valence electrons. The van der Waals surface area contributed by atoms with Crippen LogP contribution in [0.5, 0.6) is 0 Å². The first-order valence-corrected chi connectivity index (χ1v) is 9.90. The van der Waals surface area contributed by atoms with Crippen molar-refractivity contribution in [2.75, 3.05) is 13.1 Å². The molecule has 2 amide bonds. The Morgan fingerprint density at radius 2 is 1.83 bits per heavy atom. The number of nitrogens with one attached hydrogen (secondary N) is 1. The van der Waals surface area contributed by atoms with Crippen LogP contribution in [0.2, 0.25) is 0 Å². The van der Waals surface area contributed by atoms with Crippen molar-refractivity contribution in [3.8, 4) is 0 Å². The summed E-state index contributed by atoms with van der Waals surface area (Å²) in [6.45, 7) is 1.69. The number of aliphatic hydroxyl groups is 1. The summed E-state index contributed by atoms with van der Waals surface area (Å²) < 4.78 is 0. The molecule has 5 unspecified atom stereocenters. The third-order valence-corrected chi connectivity index (χ3v) is 8.52. The summed E-state index contributed by atoms with van der Waals surface area (Å²) in [7, 11) is 0. The summed E-state index contributed by atoms with van der Waals surface area (Å²) >= 11 is 0. The van der Waals surface area contributed by atoms with E-state index < -0.39 is 5.60 Å². The van der Waals surface area contributed by atoms with Crippen LogP contribution in [0.1, 0.15) is 51.4 Å². The second kappa shape index (κ2) is 4.07. The van der Waals surface area contributed by atoms with E-state index in [0.717, 1.165) is 43.7 Å². The fourth-order valence-corrected chi connectivity index (χ4v) is 8.10. The highest BCUT2D eigenvalue weighted by Crippen LogP contribution is 2.76. The van der Waals surface area contributed by atoms with Crippen LogP contribution in [-0.2, 0) is 0 Å². The van der Waals surface area contributed by atoms with E-state index in [4.69, 9.17) is 0 Å². The molecular weight excluding hydrogens is 288 g/mol. The number of hydrogen-bond donors (Lipinski definition) is 2. The van der Waals surface area contributed by atoms with Crippen LogP contribution in [0.4, 0.5) is 4.79 Å². The van der Waals surface area contributed by atoms with Gasteiger partial charge in [0.05, 0.1) is 5.60 Å². The van der Waals surface area contributed by atoms with Gasteiger partial charge in [-0.05, 0) is 81.0 Å². The van der Waals surface area contributed by atoms with Gasteiger partial charge in [-0.3, -0.25) is 0 Å². The zero-order valence-electron chi connectivity index (χ0n) is 13.8. The average Bonchev–Trinajstić information content (AvgIpc) is 3.39. The summed E-state index contributed by atoms with van der Waals surface area (Å²) in [4.78, 5) is 14.6. The van der Waals surface area contributed by atoms with E-state index in [1.807, 2.05) is 0 Å². The van der Waals surface area contributed by atoms with Crippen molar-refractivity contribution in [2.45, 2.75) is 63.0 Å². The van der Waals surface area contributed by atoms with Gasteiger partial charge in [-0.2, -0.15) is 0 Å². The summed E-state index contributed by atoms with van der Waals surface area (Å²) in [6.07, 6.45) is 9.85. The first-order valence-electron chi connectivity index (χ1n) is 9.90. The summed E-state index contributed by atoms with van der Waals surface area (Å²) in [5.74, 6) is 3.34. The Morgan fingerprint density at radius 1 is 1.09 bits per heavy atom. The Hall–Kier alpha value is -0.770.